The summed E-state index contributed by atoms with van der Waals surface area (Å²) in [6.45, 7) is 4.75. The van der Waals surface area contributed by atoms with Crippen molar-refractivity contribution in [2.45, 2.75) is 19.3 Å². The number of likely N-dealkylation sites (tertiary alicyclic amines) is 1. The molecule has 0 amide bonds. The molecule has 0 bridgehead atoms. The van der Waals surface area contributed by atoms with Gasteiger partial charge in [-0.25, -0.2) is 0 Å². The standard InChI is InChI=1S/C19H23NO/c1-2-9-17(10-3-1)18-11-4-5-12-19(18)21-16-8-15-20-13-6-7-14-20/h1-5,9-12H,6-8,13-16H2/p+1. The second-order valence-corrected chi connectivity index (χ2v) is 5.77. The molecule has 3 rings (SSSR count). The van der Waals surface area contributed by atoms with Crippen LogP contribution in [0.1, 0.15) is 19.3 Å². The highest BCUT2D eigenvalue weighted by atomic mass is 16.5. The average molecular weight is 282 g/mol. The van der Waals surface area contributed by atoms with Crippen molar-refractivity contribution in [3.63, 3.8) is 0 Å². The lowest BCUT2D eigenvalue weighted by Gasteiger charge is -2.14. The minimum Gasteiger partial charge on any atom is -0.493 e. The van der Waals surface area contributed by atoms with Gasteiger partial charge in [0.15, 0.2) is 0 Å². The monoisotopic (exact) mass is 282 g/mol. The Morgan fingerprint density at radius 1 is 0.857 bits per heavy atom. The highest BCUT2D eigenvalue weighted by molar-refractivity contribution is 5.70. The summed E-state index contributed by atoms with van der Waals surface area (Å²) in [4.78, 5) is 1.75. The summed E-state index contributed by atoms with van der Waals surface area (Å²) in [5, 5.41) is 0. The van der Waals surface area contributed by atoms with Gasteiger partial charge in [-0.15, -0.1) is 0 Å². The van der Waals surface area contributed by atoms with Crippen LogP contribution in [0.2, 0.25) is 0 Å². The average Bonchev–Trinajstić information content (AvgIpc) is 3.06. The Hall–Kier alpha value is -1.80. The van der Waals surface area contributed by atoms with Gasteiger partial charge in [0.05, 0.1) is 26.2 Å². The summed E-state index contributed by atoms with van der Waals surface area (Å²) in [5.41, 5.74) is 2.41. The number of nitrogens with one attached hydrogen (secondary N) is 1. The Kier molecular flexibility index (Phi) is 4.90. The smallest absolute Gasteiger partial charge is 0.127 e. The van der Waals surface area contributed by atoms with Crippen molar-refractivity contribution in [3.8, 4) is 16.9 Å². The fraction of sp³-hybridized carbons (Fsp3) is 0.368. The van der Waals surface area contributed by atoms with Gasteiger partial charge in [0.1, 0.15) is 5.75 Å². The Labute approximate surface area is 127 Å². The van der Waals surface area contributed by atoms with Crippen molar-refractivity contribution >= 4 is 0 Å². The second kappa shape index (κ2) is 7.28. The largest absolute Gasteiger partial charge is 0.493 e. The van der Waals surface area contributed by atoms with Crippen LogP contribution in [0.25, 0.3) is 11.1 Å². The molecule has 0 aromatic heterocycles. The van der Waals surface area contributed by atoms with Crippen molar-refractivity contribution in [2.24, 2.45) is 0 Å². The summed E-state index contributed by atoms with van der Waals surface area (Å²) < 4.78 is 6.04. The molecular weight excluding hydrogens is 258 g/mol. The summed E-state index contributed by atoms with van der Waals surface area (Å²) in [7, 11) is 0. The molecule has 1 aliphatic rings. The molecule has 0 radical (unpaired) electrons. The number of para-hydroxylation sites is 1. The Morgan fingerprint density at radius 2 is 1.57 bits per heavy atom. The Morgan fingerprint density at radius 3 is 2.38 bits per heavy atom. The zero-order chi connectivity index (χ0) is 14.3. The molecule has 0 atom stereocenters. The molecule has 2 aromatic carbocycles. The quantitative estimate of drug-likeness (QED) is 0.804. The minimum absolute atomic E-state index is 0.813. The zero-order valence-corrected chi connectivity index (χ0v) is 12.6. The molecule has 0 unspecified atom stereocenters. The van der Waals surface area contributed by atoms with Crippen molar-refractivity contribution < 1.29 is 9.64 Å². The number of rotatable bonds is 6. The van der Waals surface area contributed by atoms with Crippen LogP contribution in [0, 0.1) is 0 Å². The maximum Gasteiger partial charge on any atom is 0.127 e. The first-order valence-corrected chi connectivity index (χ1v) is 8.04. The van der Waals surface area contributed by atoms with Gasteiger partial charge in [-0.3, -0.25) is 0 Å². The van der Waals surface area contributed by atoms with Gasteiger partial charge < -0.3 is 9.64 Å². The van der Waals surface area contributed by atoms with E-state index < -0.39 is 0 Å². The van der Waals surface area contributed by atoms with E-state index in [1.807, 2.05) is 12.1 Å². The molecule has 0 saturated carbocycles. The highest BCUT2D eigenvalue weighted by Gasteiger charge is 2.14. The molecular formula is C19H24NO+. The fourth-order valence-electron chi connectivity index (χ4n) is 3.08. The number of hydrogen-bond donors (Lipinski definition) is 1. The SMILES string of the molecule is c1ccc(-c2ccccc2OCCC[NH+]2CCCC2)cc1. The summed E-state index contributed by atoms with van der Waals surface area (Å²) in [5.74, 6) is 1.00. The van der Waals surface area contributed by atoms with E-state index in [1.54, 1.807) is 4.90 Å². The molecule has 1 aliphatic heterocycles. The maximum atomic E-state index is 6.04. The third-order valence-electron chi connectivity index (χ3n) is 4.21. The molecule has 21 heavy (non-hydrogen) atoms. The van der Waals surface area contributed by atoms with E-state index in [0.717, 1.165) is 18.8 Å². The molecule has 1 heterocycles. The van der Waals surface area contributed by atoms with Gasteiger partial charge in [0, 0.05) is 24.8 Å². The van der Waals surface area contributed by atoms with E-state index >= 15 is 0 Å². The van der Waals surface area contributed by atoms with Crippen LogP contribution in [0.4, 0.5) is 0 Å². The molecule has 1 fully saturated rings. The molecule has 110 valence electrons. The van der Waals surface area contributed by atoms with Crippen LogP contribution in [0.3, 0.4) is 0 Å². The van der Waals surface area contributed by atoms with Crippen LogP contribution >= 0.6 is 0 Å². The lowest BCUT2D eigenvalue weighted by atomic mass is 10.1. The molecule has 1 saturated heterocycles. The molecule has 1 N–H and O–H groups in total. The van der Waals surface area contributed by atoms with E-state index in [2.05, 4.69) is 42.5 Å². The first-order chi connectivity index (χ1) is 10.4. The van der Waals surface area contributed by atoms with E-state index in [9.17, 15) is 0 Å². The van der Waals surface area contributed by atoms with Crippen molar-refractivity contribution in [1.29, 1.82) is 0 Å². The first kappa shape index (κ1) is 14.2. The van der Waals surface area contributed by atoms with Crippen LogP contribution < -0.4 is 9.64 Å². The minimum atomic E-state index is 0.813. The van der Waals surface area contributed by atoms with Gasteiger partial charge in [-0.05, 0) is 11.6 Å². The third kappa shape index (κ3) is 3.85. The normalized spacial score (nSPS) is 15.2. The lowest BCUT2D eigenvalue weighted by molar-refractivity contribution is -0.887. The molecule has 2 heteroatoms. The van der Waals surface area contributed by atoms with E-state index in [4.69, 9.17) is 4.74 Å². The van der Waals surface area contributed by atoms with E-state index in [-0.39, 0.29) is 0 Å². The van der Waals surface area contributed by atoms with Crippen LogP contribution in [-0.2, 0) is 0 Å². The predicted octanol–water partition coefficient (Wildman–Crippen LogP) is 2.80. The van der Waals surface area contributed by atoms with Crippen LogP contribution in [-0.4, -0.2) is 26.2 Å². The number of benzene rings is 2. The van der Waals surface area contributed by atoms with Crippen molar-refractivity contribution in [3.05, 3.63) is 54.6 Å². The van der Waals surface area contributed by atoms with Gasteiger partial charge in [-0.1, -0.05) is 48.5 Å². The van der Waals surface area contributed by atoms with E-state index in [1.165, 1.54) is 43.6 Å². The first-order valence-electron chi connectivity index (χ1n) is 8.04. The van der Waals surface area contributed by atoms with Gasteiger partial charge in [0.25, 0.3) is 0 Å². The zero-order valence-electron chi connectivity index (χ0n) is 12.6. The fourth-order valence-corrected chi connectivity index (χ4v) is 3.08. The number of hydrogen-bond acceptors (Lipinski definition) is 1. The summed E-state index contributed by atoms with van der Waals surface area (Å²) >= 11 is 0. The number of quaternary nitrogens is 1. The maximum absolute atomic E-state index is 6.04. The third-order valence-corrected chi connectivity index (χ3v) is 4.21. The molecule has 0 aliphatic carbocycles. The topological polar surface area (TPSA) is 13.7 Å². The van der Waals surface area contributed by atoms with Crippen LogP contribution in [0.15, 0.2) is 54.6 Å². The summed E-state index contributed by atoms with van der Waals surface area (Å²) in [6.07, 6.45) is 3.93. The Balaban J connectivity index is 1.58. The summed E-state index contributed by atoms with van der Waals surface area (Å²) in [6, 6.07) is 18.8. The van der Waals surface area contributed by atoms with Crippen molar-refractivity contribution in [2.75, 3.05) is 26.2 Å². The number of ether oxygens (including phenoxy) is 1. The lowest BCUT2D eigenvalue weighted by Crippen LogP contribution is -3.10. The highest BCUT2D eigenvalue weighted by Crippen LogP contribution is 2.29. The van der Waals surface area contributed by atoms with Crippen LogP contribution in [0.5, 0.6) is 5.75 Å². The van der Waals surface area contributed by atoms with E-state index in [0.29, 0.717) is 0 Å². The molecule has 2 nitrogen and oxygen atoms in total. The van der Waals surface area contributed by atoms with Crippen molar-refractivity contribution in [1.82, 2.24) is 0 Å². The second-order valence-electron chi connectivity index (χ2n) is 5.77. The molecule has 2 aromatic rings. The van der Waals surface area contributed by atoms with Gasteiger partial charge in [0.2, 0.25) is 0 Å². The van der Waals surface area contributed by atoms with Gasteiger partial charge >= 0.3 is 0 Å². The molecule has 0 spiro atoms. The Bertz CT molecular complexity index is 547. The predicted molar refractivity (Wildman–Crippen MR) is 86.8 cm³/mol. The van der Waals surface area contributed by atoms with Gasteiger partial charge in [-0.2, -0.15) is 0 Å².